The lowest BCUT2D eigenvalue weighted by Crippen LogP contribution is -2.07. The third kappa shape index (κ3) is 4.36. The van der Waals surface area contributed by atoms with Crippen LogP contribution in [0.2, 0.25) is 0 Å². The van der Waals surface area contributed by atoms with Crippen molar-refractivity contribution in [3.05, 3.63) is 52.9 Å². The Bertz CT molecular complexity index is 926. The van der Waals surface area contributed by atoms with E-state index in [-0.39, 0.29) is 12.4 Å². The van der Waals surface area contributed by atoms with Gasteiger partial charge in [0.25, 0.3) is 0 Å². The molecule has 0 fully saturated rings. The van der Waals surface area contributed by atoms with E-state index < -0.39 is 5.82 Å². The fourth-order valence-corrected chi connectivity index (χ4v) is 2.83. The minimum absolute atomic E-state index is 0.113. The monoisotopic (exact) mass is 358 g/mol. The number of benzene rings is 1. The molecule has 0 bridgehead atoms. The summed E-state index contributed by atoms with van der Waals surface area (Å²) >= 11 is 1.30. The lowest BCUT2D eigenvalue weighted by Gasteiger charge is -2.01. The highest BCUT2D eigenvalue weighted by Gasteiger charge is 2.08. The Morgan fingerprint density at radius 3 is 3.20 bits per heavy atom. The number of halogens is 1. The first-order valence-electron chi connectivity index (χ1n) is 7.59. The van der Waals surface area contributed by atoms with Gasteiger partial charge in [-0.1, -0.05) is 6.07 Å². The second-order valence-corrected chi connectivity index (χ2v) is 5.92. The zero-order valence-corrected chi connectivity index (χ0v) is 14.2. The number of hydrazone groups is 1. The average molecular weight is 358 g/mol. The fraction of sp³-hybridized carbons (Fsp3) is 0.176. The number of pyridine rings is 1. The number of esters is 1. The molecular weight excluding hydrogens is 343 g/mol. The number of nitrogens with zero attached hydrogens (tertiary/aromatic N) is 3. The molecule has 128 valence electrons. The summed E-state index contributed by atoms with van der Waals surface area (Å²) in [5.41, 5.74) is 4.27. The van der Waals surface area contributed by atoms with Gasteiger partial charge in [0.05, 0.1) is 30.5 Å². The highest BCUT2D eigenvalue weighted by atomic mass is 32.1. The normalized spacial score (nSPS) is 11.1. The van der Waals surface area contributed by atoms with E-state index >= 15 is 0 Å². The standard InChI is InChI=1S/C17H15FN4O2S/c1-2-24-16(23)7-13-10-25-17(21-13)22-20-9-12-6-11-4-3-5-19-15(11)8-14(12)18/h3-6,8-10H,2,7H2,1H3,(H,21,22). The van der Waals surface area contributed by atoms with Crippen molar-refractivity contribution in [3.63, 3.8) is 0 Å². The number of anilines is 1. The molecule has 0 saturated carbocycles. The summed E-state index contributed by atoms with van der Waals surface area (Å²) in [6.07, 6.45) is 3.11. The van der Waals surface area contributed by atoms with Crippen LogP contribution in [0.15, 0.2) is 40.9 Å². The number of carbonyl (C=O) groups excluding carboxylic acids is 1. The number of nitrogens with one attached hydrogen (secondary N) is 1. The molecule has 0 aliphatic rings. The third-order valence-corrected chi connectivity index (χ3v) is 4.06. The maximum Gasteiger partial charge on any atom is 0.311 e. The van der Waals surface area contributed by atoms with E-state index in [2.05, 4.69) is 20.5 Å². The second-order valence-electron chi connectivity index (χ2n) is 5.07. The molecule has 0 spiro atoms. The quantitative estimate of drug-likeness (QED) is 0.415. The van der Waals surface area contributed by atoms with Crippen LogP contribution in [0, 0.1) is 5.82 Å². The van der Waals surface area contributed by atoms with Crippen molar-refractivity contribution >= 4 is 39.6 Å². The predicted octanol–water partition coefficient (Wildman–Crippen LogP) is 3.38. The molecule has 1 aromatic carbocycles. The van der Waals surface area contributed by atoms with Gasteiger partial charge in [0.2, 0.25) is 5.13 Å². The topological polar surface area (TPSA) is 76.5 Å². The zero-order valence-electron chi connectivity index (χ0n) is 13.4. The smallest absolute Gasteiger partial charge is 0.311 e. The molecule has 0 amide bonds. The van der Waals surface area contributed by atoms with Gasteiger partial charge >= 0.3 is 5.97 Å². The van der Waals surface area contributed by atoms with E-state index in [0.29, 0.717) is 28.5 Å². The van der Waals surface area contributed by atoms with Crippen molar-refractivity contribution in [2.75, 3.05) is 12.0 Å². The Hall–Kier alpha value is -2.87. The van der Waals surface area contributed by atoms with Crippen molar-refractivity contribution in [3.8, 4) is 0 Å². The van der Waals surface area contributed by atoms with Gasteiger partial charge in [-0.3, -0.25) is 15.2 Å². The first-order chi connectivity index (χ1) is 12.2. The van der Waals surface area contributed by atoms with Crippen LogP contribution in [0.5, 0.6) is 0 Å². The summed E-state index contributed by atoms with van der Waals surface area (Å²) in [5.74, 6) is -0.728. The van der Waals surface area contributed by atoms with Gasteiger partial charge in [0, 0.05) is 28.6 Å². The van der Waals surface area contributed by atoms with Crippen molar-refractivity contribution in [1.29, 1.82) is 0 Å². The van der Waals surface area contributed by atoms with Crippen LogP contribution < -0.4 is 5.43 Å². The molecule has 3 rings (SSSR count). The van der Waals surface area contributed by atoms with Gasteiger partial charge in [0.1, 0.15) is 5.82 Å². The Morgan fingerprint density at radius 1 is 1.48 bits per heavy atom. The molecule has 25 heavy (non-hydrogen) atoms. The fourth-order valence-electron chi connectivity index (χ4n) is 2.17. The largest absolute Gasteiger partial charge is 0.466 e. The Morgan fingerprint density at radius 2 is 2.36 bits per heavy atom. The molecule has 0 aliphatic carbocycles. The highest BCUT2D eigenvalue weighted by molar-refractivity contribution is 7.13. The SMILES string of the molecule is CCOC(=O)Cc1csc(NN=Cc2cc3cccnc3cc2F)n1. The van der Waals surface area contributed by atoms with Crippen LogP contribution >= 0.6 is 11.3 Å². The first kappa shape index (κ1) is 17.0. The minimum Gasteiger partial charge on any atom is -0.466 e. The van der Waals surface area contributed by atoms with E-state index in [1.807, 2.05) is 6.07 Å². The van der Waals surface area contributed by atoms with Crippen LogP contribution in [0.3, 0.4) is 0 Å². The zero-order chi connectivity index (χ0) is 17.6. The lowest BCUT2D eigenvalue weighted by atomic mass is 10.1. The summed E-state index contributed by atoms with van der Waals surface area (Å²) in [6, 6.07) is 6.70. The van der Waals surface area contributed by atoms with Gasteiger partial charge in [-0.05, 0) is 19.1 Å². The number of ether oxygens (including phenoxy) is 1. The number of hydrogen-bond donors (Lipinski definition) is 1. The number of hydrogen-bond acceptors (Lipinski definition) is 7. The van der Waals surface area contributed by atoms with Crippen molar-refractivity contribution in [1.82, 2.24) is 9.97 Å². The maximum absolute atomic E-state index is 14.0. The van der Waals surface area contributed by atoms with E-state index in [1.165, 1.54) is 23.6 Å². The molecule has 2 heterocycles. The number of rotatable bonds is 6. The first-order valence-corrected chi connectivity index (χ1v) is 8.47. The molecule has 0 radical (unpaired) electrons. The van der Waals surface area contributed by atoms with Gasteiger partial charge in [-0.15, -0.1) is 11.3 Å². The second kappa shape index (κ2) is 7.80. The number of carbonyl (C=O) groups is 1. The van der Waals surface area contributed by atoms with Crippen LogP contribution in [-0.4, -0.2) is 28.8 Å². The molecule has 1 N–H and O–H groups in total. The van der Waals surface area contributed by atoms with Crippen LogP contribution in [-0.2, 0) is 16.0 Å². The summed E-state index contributed by atoms with van der Waals surface area (Å²) in [7, 11) is 0. The molecule has 6 nitrogen and oxygen atoms in total. The molecular formula is C17H15FN4O2S. The summed E-state index contributed by atoms with van der Waals surface area (Å²) in [4.78, 5) is 19.7. The molecule has 2 aromatic heterocycles. The van der Waals surface area contributed by atoms with Crippen LogP contribution in [0.1, 0.15) is 18.2 Å². The van der Waals surface area contributed by atoms with Gasteiger partial charge < -0.3 is 4.74 Å². The molecule has 8 heteroatoms. The Labute approximate surface area is 147 Å². The Balaban J connectivity index is 1.66. The molecule has 0 saturated heterocycles. The third-order valence-electron chi connectivity index (χ3n) is 3.27. The van der Waals surface area contributed by atoms with Gasteiger partial charge in [-0.25, -0.2) is 9.37 Å². The number of thiazole rings is 1. The van der Waals surface area contributed by atoms with Crippen molar-refractivity contribution in [2.24, 2.45) is 5.10 Å². The molecule has 0 unspecified atom stereocenters. The molecule has 0 atom stereocenters. The Kier molecular flexibility index (Phi) is 5.30. The van der Waals surface area contributed by atoms with E-state index in [9.17, 15) is 9.18 Å². The van der Waals surface area contributed by atoms with Crippen molar-refractivity contribution in [2.45, 2.75) is 13.3 Å². The number of fused-ring (bicyclic) bond motifs is 1. The average Bonchev–Trinajstić information content (AvgIpc) is 3.02. The summed E-state index contributed by atoms with van der Waals surface area (Å²) < 4.78 is 18.9. The van der Waals surface area contributed by atoms with Gasteiger partial charge in [-0.2, -0.15) is 5.10 Å². The highest BCUT2D eigenvalue weighted by Crippen LogP contribution is 2.18. The lowest BCUT2D eigenvalue weighted by molar-refractivity contribution is -0.142. The molecule has 0 aliphatic heterocycles. The van der Waals surface area contributed by atoms with Gasteiger partial charge in [0.15, 0.2) is 0 Å². The maximum atomic E-state index is 14.0. The summed E-state index contributed by atoms with van der Waals surface area (Å²) in [5, 5.41) is 7.09. The summed E-state index contributed by atoms with van der Waals surface area (Å²) in [6.45, 7) is 2.09. The van der Waals surface area contributed by atoms with E-state index in [0.717, 1.165) is 5.39 Å². The number of aromatic nitrogens is 2. The minimum atomic E-state index is -0.404. The van der Waals surface area contributed by atoms with E-state index in [1.54, 1.807) is 30.6 Å². The predicted molar refractivity (Wildman–Crippen MR) is 95.4 cm³/mol. The van der Waals surface area contributed by atoms with Crippen LogP contribution in [0.25, 0.3) is 10.9 Å². The van der Waals surface area contributed by atoms with Crippen molar-refractivity contribution < 1.29 is 13.9 Å². The van der Waals surface area contributed by atoms with Crippen LogP contribution in [0.4, 0.5) is 9.52 Å². The molecule has 3 aromatic rings. The van der Waals surface area contributed by atoms with E-state index in [4.69, 9.17) is 4.74 Å².